The molecular formula is C11H15ClO2. The number of rotatable bonds is 4. The monoisotopic (exact) mass is 214 g/mol. The SMILES string of the molecule is CCc1cc(OC[C@H](C)O)ccc1Cl. The van der Waals surface area contributed by atoms with Crippen molar-refractivity contribution in [3.8, 4) is 5.75 Å². The molecule has 0 fully saturated rings. The standard InChI is InChI=1S/C11H15ClO2/c1-3-9-6-10(4-5-11(9)12)14-7-8(2)13/h4-6,8,13H,3,7H2,1-2H3/t8-/m0/s1. The van der Waals surface area contributed by atoms with E-state index in [2.05, 4.69) is 0 Å². The summed E-state index contributed by atoms with van der Waals surface area (Å²) in [6.07, 6.45) is 0.431. The largest absolute Gasteiger partial charge is 0.491 e. The summed E-state index contributed by atoms with van der Waals surface area (Å²) in [6, 6.07) is 5.53. The van der Waals surface area contributed by atoms with E-state index in [9.17, 15) is 0 Å². The number of aliphatic hydroxyl groups excluding tert-OH is 1. The van der Waals surface area contributed by atoms with Crippen LogP contribution in [-0.2, 0) is 6.42 Å². The number of benzene rings is 1. The summed E-state index contributed by atoms with van der Waals surface area (Å²) >= 11 is 5.95. The number of aliphatic hydroxyl groups is 1. The van der Waals surface area contributed by atoms with E-state index in [0.29, 0.717) is 6.61 Å². The van der Waals surface area contributed by atoms with Gasteiger partial charge in [0.25, 0.3) is 0 Å². The second-order valence-electron chi connectivity index (χ2n) is 3.27. The summed E-state index contributed by atoms with van der Waals surface area (Å²) in [4.78, 5) is 0. The van der Waals surface area contributed by atoms with Gasteiger partial charge in [-0.05, 0) is 37.1 Å². The Bertz CT molecular complexity index is 297. The highest BCUT2D eigenvalue weighted by molar-refractivity contribution is 6.31. The molecule has 1 atom stereocenters. The fourth-order valence-corrected chi connectivity index (χ4v) is 1.38. The molecule has 14 heavy (non-hydrogen) atoms. The fourth-order valence-electron chi connectivity index (χ4n) is 1.13. The molecule has 1 N–H and O–H groups in total. The first-order valence-corrected chi connectivity index (χ1v) is 5.10. The summed E-state index contributed by atoms with van der Waals surface area (Å²) < 4.78 is 5.36. The Balaban J connectivity index is 2.69. The average molecular weight is 215 g/mol. The van der Waals surface area contributed by atoms with Gasteiger partial charge >= 0.3 is 0 Å². The van der Waals surface area contributed by atoms with Crippen molar-refractivity contribution in [1.29, 1.82) is 0 Å². The molecule has 0 spiro atoms. The van der Waals surface area contributed by atoms with Gasteiger partial charge in [-0.25, -0.2) is 0 Å². The molecule has 0 bridgehead atoms. The Labute approximate surface area is 89.5 Å². The Kier molecular flexibility index (Phi) is 4.23. The summed E-state index contributed by atoms with van der Waals surface area (Å²) in [5.74, 6) is 0.757. The van der Waals surface area contributed by atoms with Crippen LogP contribution in [0.2, 0.25) is 5.02 Å². The zero-order valence-electron chi connectivity index (χ0n) is 8.46. The number of aryl methyl sites for hydroxylation is 1. The van der Waals surface area contributed by atoms with Gasteiger partial charge in [0.2, 0.25) is 0 Å². The zero-order valence-corrected chi connectivity index (χ0v) is 9.21. The minimum Gasteiger partial charge on any atom is -0.491 e. The van der Waals surface area contributed by atoms with E-state index in [1.807, 2.05) is 25.1 Å². The summed E-state index contributed by atoms with van der Waals surface area (Å²) in [6.45, 7) is 4.04. The van der Waals surface area contributed by atoms with Gasteiger partial charge < -0.3 is 9.84 Å². The average Bonchev–Trinajstić information content (AvgIpc) is 2.16. The highest BCUT2D eigenvalue weighted by atomic mass is 35.5. The van der Waals surface area contributed by atoms with Crippen LogP contribution in [0.25, 0.3) is 0 Å². The Hall–Kier alpha value is -0.730. The van der Waals surface area contributed by atoms with Crippen molar-refractivity contribution in [3.05, 3.63) is 28.8 Å². The zero-order chi connectivity index (χ0) is 10.6. The van der Waals surface area contributed by atoms with E-state index in [-0.39, 0.29) is 0 Å². The Morgan fingerprint density at radius 2 is 2.21 bits per heavy atom. The third-order valence-electron chi connectivity index (χ3n) is 1.89. The molecule has 1 aromatic rings. The molecule has 0 aliphatic rings. The lowest BCUT2D eigenvalue weighted by molar-refractivity contribution is 0.122. The van der Waals surface area contributed by atoms with Crippen LogP contribution in [-0.4, -0.2) is 17.8 Å². The number of ether oxygens (including phenoxy) is 1. The van der Waals surface area contributed by atoms with E-state index in [1.54, 1.807) is 6.92 Å². The van der Waals surface area contributed by atoms with Gasteiger partial charge in [0.15, 0.2) is 0 Å². The molecule has 0 unspecified atom stereocenters. The third kappa shape index (κ3) is 3.20. The summed E-state index contributed by atoms with van der Waals surface area (Å²) in [5.41, 5.74) is 1.06. The van der Waals surface area contributed by atoms with E-state index in [1.165, 1.54) is 0 Å². The van der Waals surface area contributed by atoms with E-state index < -0.39 is 6.10 Å². The van der Waals surface area contributed by atoms with Gasteiger partial charge in [-0.2, -0.15) is 0 Å². The number of halogens is 1. The van der Waals surface area contributed by atoms with E-state index in [0.717, 1.165) is 22.8 Å². The van der Waals surface area contributed by atoms with Crippen LogP contribution in [0.5, 0.6) is 5.75 Å². The molecule has 2 nitrogen and oxygen atoms in total. The lowest BCUT2D eigenvalue weighted by atomic mass is 10.1. The van der Waals surface area contributed by atoms with Crippen molar-refractivity contribution in [2.75, 3.05) is 6.61 Å². The van der Waals surface area contributed by atoms with Crippen LogP contribution in [0.3, 0.4) is 0 Å². The number of hydrogen-bond donors (Lipinski definition) is 1. The summed E-state index contributed by atoms with van der Waals surface area (Å²) in [5, 5.41) is 9.80. The first-order chi connectivity index (χ1) is 6.63. The van der Waals surface area contributed by atoms with Crippen molar-refractivity contribution in [3.63, 3.8) is 0 Å². The van der Waals surface area contributed by atoms with Crippen LogP contribution in [0.1, 0.15) is 19.4 Å². The maximum absolute atomic E-state index is 9.04. The van der Waals surface area contributed by atoms with Crippen molar-refractivity contribution in [1.82, 2.24) is 0 Å². The van der Waals surface area contributed by atoms with Gasteiger partial charge in [-0.15, -0.1) is 0 Å². The van der Waals surface area contributed by atoms with Crippen molar-refractivity contribution in [2.24, 2.45) is 0 Å². The van der Waals surface area contributed by atoms with Crippen molar-refractivity contribution < 1.29 is 9.84 Å². The molecule has 0 aliphatic heterocycles. The maximum Gasteiger partial charge on any atom is 0.119 e. The lowest BCUT2D eigenvalue weighted by Crippen LogP contribution is -2.12. The molecule has 1 aromatic carbocycles. The van der Waals surface area contributed by atoms with Gasteiger partial charge in [0.1, 0.15) is 12.4 Å². The predicted molar refractivity (Wildman–Crippen MR) is 58.0 cm³/mol. The third-order valence-corrected chi connectivity index (χ3v) is 2.26. The van der Waals surface area contributed by atoms with Crippen molar-refractivity contribution in [2.45, 2.75) is 26.4 Å². The highest BCUT2D eigenvalue weighted by Crippen LogP contribution is 2.22. The molecule has 0 amide bonds. The van der Waals surface area contributed by atoms with Crippen LogP contribution in [0.15, 0.2) is 18.2 Å². The smallest absolute Gasteiger partial charge is 0.119 e. The predicted octanol–water partition coefficient (Wildman–Crippen LogP) is 2.66. The van der Waals surface area contributed by atoms with E-state index >= 15 is 0 Å². The van der Waals surface area contributed by atoms with E-state index in [4.69, 9.17) is 21.4 Å². The second kappa shape index (κ2) is 5.23. The molecular weight excluding hydrogens is 200 g/mol. The minimum absolute atomic E-state index is 0.310. The Morgan fingerprint density at radius 1 is 1.50 bits per heavy atom. The first kappa shape index (κ1) is 11.3. The topological polar surface area (TPSA) is 29.5 Å². The summed E-state index contributed by atoms with van der Waals surface area (Å²) in [7, 11) is 0. The molecule has 0 aliphatic carbocycles. The van der Waals surface area contributed by atoms with Crippen LogP contribution < -0.4 is 4.74 Å². The maximum atomic E-state index is 9.04. The molecule has 78 valence electrons. The van der Waals surface area contributed by atoms with Gasteiger partial charge in [0.05, 0.1) is 6.10 Å². The second-order valence-corrected chi connectivity index (χ2v) is 3.67. The van der Waals surface area contributed by atoms with Crippen molar-refractivity contribution >= 4 is 11.6 Å². The fraction of sp³-hybridized carbons (Fsp3) is 0.455. The van der Waals surface area contributed by atoms with Crippen LogP contribution >= 0.6 is 11.6 Å². The number of hydrogen-bond acceptors (Lipinski definition) is 2. The molecule has 0 heterocycles. The Morgan fingerprint density at radius 3 is 2.79 bits per heavy atom. The molecule has 3 heteroatoms. The van der Waals surface area contributed by atoms with Crippen LogP contribution in [0.4, 0.5) is 0 Å². The van der Waals surface area contributed by atoms with Gasteiger partial charge in [-0.1, -0.05) is 18.5 Å². The lowest BCUT2D eigenvalue weighted by Gasteiger charge is -2.09. The first-order valence-electron chi connectivity index (χ1n) is 4.72. The molecule has 1 rings (SSSR count). The molecule has 0 saturated heterocycles. The van der Waals surface area contributed by atoms with Gasteiger partial charge in [-0.3, -0.25) is 0 Å². The highest BCUT2D eigenvalue weighted by Gasteiger charge is 2.02. The van der Waals surface area contributed by atoms with Crippen LogP contribution in [0, 0.1) is 0 Å². The molecule has 0 radical (unpaired) electrons. The minimum atomic E-state index is -0.448. The normalized spacial score (nSPS) is 12.6. The van der Waals surface area contributed by atoms with Gasteiger partial charge in [0, 0.05) is 5.02 Å². The molecule has 0 saturated carbocycles. The molecule has 0 aromatic heterocycles. The quantitative estimate of drug-likeness (QED) is 0.835.